The van der Waals surface area contributed by atoms with E-state index in [0.717, 1.165) is 37.6 Å². The van der Waals surface area contributed by atoms with Crippen LogP contribution in [0.4, 0.5) is 0 Å². The summed E-state index contributed by atoms with van der Waals surface area (Å²) < 4.78 is 5.44. The predicted octanol–water partition coefficient (Wildman–Crippen LogP) is 0.625. The minimum atomic E-state index is 0.173. The van der Waals surface area contributed by atoms with Gasteiger partial charge in [0.1, 0.15) is 5.76 Å². The van der Waals surface area contributed by atoms with Crippen molar-refractivity contribution in [3.05, 3.63) is 17.8 Å². The van der Waals surface area contributed by atoms with Crippen molar-refractivity contribution in [3.63, 3.8) is 0 Å². The van der Waals surface area contributed by atoms with Crippen molar-refractivity contribution in [2.75, 3.05) is 33.7 Å². The van der Waals surface area contributed by atoms with E-state index < -0.39 is 0 Å². The first-order valence-electron chi connectivity index (χ1n) is 7.12. The van der Waals surface area contributed by atoms with Crippen molar-refractivity contribution in [2.24, 2.45) is 0 Å². The average molecular weight is 280 g/mol. The lowest BCUT2D eigenvalue weighted by Crippen LogP contribution is -2.45. The molecule has 1 fully saturated rings. The van der Waals surface area contributed by atoms with Gasteiger partial charge in [0.15, 0.2) is 0 Å². The van der Waals surface area contributed by atoms with Crippen LogP contribution in [0.15, 0.2) is 10.6 Å². The highest BCUT2D eigenvalue weighted by Gasteiger charge is 2.21. The number of oxazole rings is 1. The van der Waals surface area contributed by atoms with Gasteiger partial charge in [0, 0.05) is 33.2 Å². The third kappa shape index (κ3) is 4.31. The van der Waals surface area contributed by atoms with Gasteiger partial charge in [-0.1, -0.05) is 0 Å². The Balaban J connectivity index is 1.68. The monoisotopic (exact) mass is 280 g/mol. The molecule has 1 N–H and O–H groups in total. The van der Waals surface area contributed by atoms with Gasteiger partial charge in [-0.2, -0.15) is 0 Å². The molecule has 0 aromatic carbocycles. The number of likely N-dealkylation sites (N-methyl/N-ethyl adjacent to an activating group) is 1. The van der Waals surface area contributed by atoms with Gasteiger partial charge in [-0.3, -0.25) is 9.69 Å². The summed E-state index contributed by atoms with van der Waals surface area (Å²) in [6.07, 6.45) is 3.85. The molecule has 2 rings (SSSR count). The van der Waals surface area contributed by atoms with Gasteiger partial charge in [-0.25, -0.2) is 4.98 Å². The van der Waals surface area contributed by atoms with Crippen molar-refractivity contribution < 1.29 is 9.21 Å². The number of piperidine rings is 1. The van der Waals surface area contributed by atoms with Crippen molar-refractivity contribution in [2.45, 2.75) is 32.4 Å². The first-order valence-corrected chi connectivity index (χ1v) is 7.12. The van der Waals surface area contributed by atoms with Crippen LogP contribution in [-0.4, -0.2) is 60.5 Å². The summed E-state index contributed by atoms with van der Waals surface area (Å²) >= 11 is 0. The Kier molecular flexibility index (Phi) is 5.14. The number of carbonyl (C=O) groups excluding carboxylic acids is 1. The van der Waals surface area contributed by atoms with Gasteiger partial charge >= 0.3 is 0 Å². The molecule has 2 heterocycles. The number of amides is 1. The fourth-order valence-electron chi connectivity index (χ4n) is 2.34. The fraction of sp³-hybridized carbons (Fsp3) is 0.714. The average Bonchev–Trinajstić information content (AvgIpc) is 2.83. The minimum Gasteiger partial charge on any atom is -0.445 e. The van der Waals surface area contributed by atoms with E-state index in [4.69, 9.17) is 4.42 Å². The summed E-state index contributed by atoms with van der Waals surface area (Å²) in [7, 11) is 3.60. The second kappa shape index (κ2) is 6.85. The molecule has 0 unspecified atom stereocenters. The van der Waals surface area contributed by atoms with Crippen molar-refractivity contribution in [3.8, 4) is 0 Å². The third-order valence-corrected chi connectivity index (χ3v) is 3.66. The molecule has 0 spiro atoms. The minimum absolute atomic E-state index is 0.173. The standard InChI is InChI=1S/C14H24N4O2/c1-11-8-16-13(20-11)9-15-12-4-6-18(7-5-12)10-14(19)17(2)3/h8,12,15H,4-7,9-10H2,1-3H3. The Morgan fingerprint density at radius 3 is 2.75 bits per heavy atom. The van der Waals surface area contributed by atoms with Crippen LogP contribution in [0.3, 0.4) is 0 Å². The third-order valence-electron chi connectivity index (χ3n) is 3.66. The highest BCUT2D eigenvalue weighted by molar-refractivity contribution is 5.77. The van der Waals surface area contributed by atoms with Gasteiger partial charge in [-0.15, -0.1) is 0 Å². The van der Waals surface area contributed by atoms with E-state index in [1.807, 2.05) is 6.92 Å². The van der Waals surface area contributed by atoms with Crippen LogP contribution in [0.2, 0.25) is 0 Å². The molecule has 0 atom stereocenters. The molecular formula is C14H24N4O2. The van der Waals surface area contributed by atoms with Gasteiger partial charge in [-0.05, 0) is 19.8 Å². The predicted molar refractivity (Wildman–Crippen MR) is 76.2 cm³/mol. The van der Waals surface area contributed by atoms with E-state index in [2.05, 4.69) is 15.2 Å². The molecule has 1 aromatic heterocycles. The zero-order valence-corrected chi connectivity index (χ0v) is 12.6. The van der Waals surface area contributed by atoms with Crippen LogP contribution in [0.25, 0.3) is 0 Å². The van der Waals surface area contributed by atoms with Crippen LogP contribution in [-0.2, 0) is 11.3 Å². The zero-order chi connectivity index (χ0) is 14.5. The summed E-state index contributed by atoms with van der Waals surface area (Å²) in [5.74, 6) is 1.76. The first-order chi connectivity index (χ1) is 9.54. The summed E-state index contributed by atoms with van der Waals surface area (Å²) in [5, 5.41) is 3.47. The van der Waals surface area contributed by atoms with Crippen LogP contribution in [0.5, 0.6) is 0 Å². The molecule has 0 aliphatic carbocycles. The maximum atomic E-state index is 11.7. The number of likely N-dealkylation sites (tertiary alicyclic amines) is 1. The normalized spacial score (nSPS) is 17.4. The second-order valence-electron chi connectivity index (χ2n) is 5.58. The van der Waals surface area contributed by atoms with E-state index >= 15 is 0 Å². The summed E-state index contributed by atoms with van der Waals surface area (Å²) in [5.41, 5.74) is 0. The van der Waals surface area contributed by atoms with Crippen LogP contribution in [0.1, 0.15) is 24.5 Å². The zero-order valence-electron chi connectivity index (χ0n) is 12.6. The van der Waals surface area contributed by atoms with Crippen molar-refractivity contribution in [1.29, 1.82) is 0 Å². The molecule has 1 saturated heterocycles. The molecule has 1 aromatic rings. The van der Waals surface area contributed by atoms with Gasteiger partial charge in [0.25, 0.3) is 0 Å². The van der Waals surface area contributed by atoms with E-state index in [0.29, 0.717) is 19.1 Å². The Bertz CT molecular complexity index is 436. The molecule has 1 amide bonds. The van der Waals surface area contributed by atoms with Crippen LogP contribution >= 0.6 is 0 Å². The summed E-state index contributed by atoms with van der Waals surface area (Å²) in [6.45, 7) is 5.02. The second-order valence-corrected chi connectivity index (χ2v) is 5.58. The molecule has 6 nitrogen and oxygen atoms in total. The molecule has 6 heteroatoms. The highest BCUT2D eigenvalue weighted by Crippen LogP contribution is 2.11. The number of nitrogens with zero attached hydrogens (tertiary/aromatic N) is 3. The lowest BCUT2D eigenvalue weighted by molar-refractivity contribution is -0.130. The maximum absolute atomic E-state index is 11.7. The summed E-state index contributed by atoms with van der Waals surface area (Å²) in [6, 6.07) is 0.480. The molecular weight excluding hydrogens is 256 g/mol. The quantitative estimate of drug-likeness (QED) is 0.857. The molecule has 0 saturated carbocycles. The van der Waals surface area contributed by atoms with Gasteiger partial charge < -0.3 is 14.6 Å². The van der Waals surface area contributed by atoms with Gasteiger partial charge in [0.05, 0.1) is 19.3 Å². The van der Waals surface area contributed by atoms with Crippen molar-refractivity contribution in [1.82, 2.24) is 20.1 Å². The SMILES string of the molecule is Cc1cnc(CNC2CCN(CC(=O)N(C)C)CC2)o1. The van der Waals surface area contributed by atoms with Crippen LogP contribution in [0, 0.1) is 6.92 Å². The smallest absolute Gasteiger partial charge is 0.236 e. The topological polar surface area (TPSA) is 61.6 Å². The van der Waals surface area contributed by atoms with E-state index in [-0.39, 0.29) is 5.91 Å². The Morgan fingerprint density at radius 2 is 2.20 bits per heavy atom. The highest BCUT2D eigenvalue weighted by atomic mass is 16.4. The largest absolute Gasteiger partial charge is 0.445 e. The number of aromatic nitrogens is 1. The molecule has 0 radical (unpaired) electrons. The fourth-order valence-corrected chi connectivity index (χ4v) is 2.34. The van der Waals surface area contributed by atoms with Gasteiger partial charge in [0.2, 0.25) is 11.8 Å². The first kappa shape index (κ1) is 15.0. The maximum Gasteiger partial charge on any atom is 0.236 e. The van der Waals surface area contributed by atoms with E-state index in [9.17, 15) is 4.79 Å². The molecule has 0 bridgehead atoms. The van der Waals surface area contributed by atoms with E-state index in [1.54, 1.807) is 25.2 Å². The van der Waals surface area contributed by atoms with Crippen LogP contribution < -0.4 is 5.32 Å². The molecule has 1 aliphatic heterocycles. The number of rotatable bonds is 5. The number of nitrogens with one attached hydrogen (secondary N) is 1. The molecule has 20 heavy (non-hydrogen) atoms. The Hall–Kier alpha value is -1.40. The number of hydrogen-bond acceptors (Lipinski definition) is 5. The Morgan fingerprint density at radius 1 is 1.50 bits per heavy atom. The lowest BCUT2D eigenvalue weighted by Gasteiger charge is -2.32. The lowest BCUT2D eigenvalue weighted by atomic mass is 10.1. The molecule has 112 valence electrons. The van der Waals surface area contributed by atoms with E-state index in [1.165, 1.54) is 0 Å². The number of hydrogen-bond donors (Lipinski definition) is 1. The summed E-state index contributed by atoms with van der Waals surface area (Å²) in [4.78, 5) is 19.7. The number of aryl methyl sites for hydroxylation is 1. The molecule has 1 aliphatic rings. The Labute approximate surface area is 120 Å². The number of carbonyl (C=O) groups is 1. The van der Waals surface area contributed by atoms with Crippen molar-refractivity contribution >= 4 is 5.91 Å².